The van der Waals surface area contributed by atoms with Crippen LogP contribution in [0.2, 0.25) is 0 Å². The fourth-order valence-corrected chi connectivity index (χ4v) is 4.18. The smallest absolute Gasteiger partial charge is 0.407 e. The molecule has 196 valence electrons. The number of ether oxygens (including phenoxy) is 1. The molecule has 1 saturated heterocycles. The minimum atomic E-state index is -1.05. The van der Waals surface area contributed by atoms with Crippen LogP contribution in [0, 0.1) is 0 Å². The van der Waals surface area contributed by atoms with Crippen LogP contribution in [0.5, 0.6) is 0 Å². The van der Waals surface area contributed by atoms with E-state index in [1.807, 2.05) is 59.5 Å². The lowest BCUT2D eigenvalue weighted by atomic mass is 10.0. The van der Waals surface area contributed by atoms with Crippen molar-refractivity contribution in [3.05, 3.63) is 91.0 Å². The highest BCUT2D eigenvalue weighted by atomic mass is 16.5. The van der Waals surface area contributed by atoms with Crippen molar-refractivity contribution < 1.29 is 24.2 Å². The van der Waals surface area contributed by atoms with E-state index in [1.165, 1.54) is 4.90 Å². The summed E-state index contributed by atoms with van der Waals surface area (Å²) in [4.78, 5) is 40.3. The van der Waals surface area contributed by atoms with Gasteiger partial charge in [-0.3, -0.25) is 4.79 Å². The summed E-state index contributed by atoms with van der Waals surface area (Å²) in [5, 5.41) is 15.3. The molecule has 2 atom stereocenters. The number of alkyl carbamates (subject to hydrolysis) is 1. The standard InChI is InChI=1S/C28H34N4O5/c1-3-5-15-29-26(33)25-19-31(28(35)36)16-17-32(25)23-14-9-13-22(18-23)24(10-4-2)30-27(34)37-20-21-11-7-6-8-12-21/h3-4,6-9,11-14,18,24-25H,1-2,5,10,15-17,19-20H2,(H,29,33)(H,30,34)(H,35,36)/t24-,25?/m0/s1. The fraction of sp³-hybridized carbons (Fsp3) is 0.321. The fourth-order valence-electron chi connectivity index (χ4n) is 4.18. The Balaban J connectivity index is 1.75. The Kier molecular flexibility index (Phi) is 10.1. The summed E-state index contributed by atoms with van der Waals surface area (Å²) in [6.07, 6.45) is 2.92. The molecule has 1 aliphatic heterocycles. The van der Waals surface area contributed by atoms with Gasteiger partial charge in [0.05, 0.1) is 12.6 Å². The molecule has 37 heavy (non-hydrogen) atoms. The van der Waals surface area contributed by atoms with Crippen molar-refractivity contribution in [1.82, 2.24) is 15.5 Å². The molecule has 2 aromatic carbocycles. The number of rotatable bonds is 11. The molecule has 1 heterocycles. The van der Waals surface area contributed by atoms with Crippen molar-refractivity contribution in [1.29, 1.82) is 0 Å². The maximum Gasteiger partial charge on any atom is 0.407 e. The van der Waals surface area contributed by atoms with Crippen molar-refractivity contribution in [3.8, 4) is 0 Å². The lowest BCUT2D eigenvalue weighted by Gasteiger charge is -2.41. The Morgan fingerprint density at radius 1 is 1.08 bits per heavy atom. The summed E-state index contributed by atoms with van der Waals surface area (Å²) >= 11 is 0. The highest BCUT2D eigenvalue weighted by Crippen LogP contribution is 2.26. The van der Waals surface area contributed by atoms with Gasteiger partial charge in [-0.05, 0) is 36.1 Å². The molecule has 0 aliphatic carbocycles. The molecule has 1 unspecified atom stereocenters. The molecule has 0 aromatic heterocycles. The lowest BCUT2D eigenvalue weighted by molar-refractivity contribution is -0.123. The monoisotopic (exact) mass is 506 g/mol. The zero-order valence-electron chi connectivity index (χ0n) is 20.8. The maximum atomic E-state index is 13.0. The Morgan fingerprint density at radius 2 is 1.86 bits per heavy atom. The third-order valence-electron chi connectivity index (χ3n) is 6.11. The van der Waals surface area contributed by atoms with Crippen molar-refractivity contribution in [2.24, 2.45) is 0 Å². The predicted molar refractivity (Wildman–Crippen MR) is 142 cm³/mol. The number of piperazine rings is 1. The number of anilines is 1. The van der Waals surface area contributed by atoms with Crippen LogP contribution in [0.15, 0.2) is 79.9 Å². The first kappa shape index (κ1) is 27.3. The molecule has 9 heteroatoms. The molecular weight excluding hydrogens is 472 g/mol. The van der Waals surface area contributed by atoms with Crippen LogP contribution in [0.1, 0.15) is 30.0 Å². The van der Waals surface area contributed by atoms with Gasteiger partial charge in [-0.25, -0.2) is 9.59 Å². The summed E-state index contributed by atoms with van der Waals surface area (Å²) in [6, 6.07) is 15.9. The van der Waals surface area contributed by atoms with E-state index in [-0.39, 0.29) is 31.6 Å². The van der Waals surface area contributed by atoms with Gasteiger partial charge in [0, 0.05) is 25.3 Å². The predicted octanol–water partition coefficient (Wildman–Crippen LogP) is 4.09. The highest BCUT2D eigenvalue weighted by molar-refractivity contribution is 5.86. The minimum Gasteiger partial charge on any atom is -0.465 e. The molecule has 0 spiro atoms. The molecule has 3 amide bonds. The Labute approximate surface area is 217 Å². The van der Waals surface area contributed by atoms with Crippen molar-refractivity contribution in [3.63, 3.8) is 0 Å². The number of hydrogen-bond donors (Lipinski definition) is 3. The second-order valence-corrected chi connectivity index (χ2v) is 8.68. The summed E-state index contributed by atoms with van der Waals surface area (Å²) in [5.74, 6) is -0.247. The van der Waals surface area contributed by atoms with Gasteiger partial charge in [-0.2, -0.15) is 0 Å². The average Bonchev–Trinajstić information content (AvgIpc) is 2.92. The number of carboxylic acid groups (broad SMARTS) is 1. The van der Waals surface area contributed by atoms with Crippen molar-refractivity contribution in [2.75, 3.05) is 31.1 Å². The van der Waals surface area contributed by atoms with Gasteiger partial charge in [-0.1, -0.05) is 54.6 Å². The number of carbonyl (C=O) groups is 3. The topological polar surface area (TPSA) is 111 Å². The van der Waals surface area contributed by atoms with Gasteiger partial charge in [0.1, 0.15) is 12.6 Å². The van der Waals surface area contributed by atoms with Crippen LogP contribution < -0.4 is 15.5 Å². The molecule has 1 aliphatic rings. The number of nitrogens with zero attached hydrogens (tertiary/aromatic N) is 2. The number of nitrogens with one attached hydrogen (secondary N) is 2. The van der Waals surface area contributed by atoms with Crippen LogP contribution in [0.25, 0.3) is 0 Å². The Bertz CT molecular complexity index is 1090. The van der Waals surface area contributed by atoms with Crippen LogP contribution in [-0.2, 0) is 16.1 Å². The first-order chi connectivity index (χ1) is 17.9. The van der Waals surface area contributed by atoms with Crippen LogP contribution in [0.4, 0.5) is 15.3 Å². The zero-order chi connectivity index (χ0) is 26.6. The van der Waals surface area contributed by atoms with E-state index in [0.717, 1.165) is 16.8 Å². The largest absolute Gasteiger partial charge is 0.465 e. The molecule has 3 N–H and O–H groups in total. The van der Waals surface area contributed by atoms with E-state index >= 15 is 0 Å². The van der Waals surface area contributed by atoms with Crippen LogP contribution in [0.3, 0.4) is 0 Å². The molecule has 2 aromatic rings. The molecule has 0 radical (unpaired) electrons. The number of amides is 3. The van der Waals surface area contributed by atoms with Gasteiger partial charge >= 0.3 is 12.2 Å². The highest BCUT2D eigenvalue weighted by Gasteiger charge is 2.34. The third kappa shape index (κ3) is 7.86. The summed E-state index contributed by atoms with van der Waals surface area (Å²) in [7, 11) is 0. The number of carbonyl (C=O) groups excluding carboxylic acids is 2. The number of benzene rings is 2. The van der Waals surface area contributed by atoms with E-state index in [4.69, 9.17) is 4.74 Å². The van der Waals surface area contributed by atoms with Crippen LogP contribution in [-0.4, -0.2) is 60.3 Å². The molecule has 1 fully saturated rings. The zero-order valence-corrected chi connectivity index (χ0v) is 20.8. The van der Waals surface area contributed by atoms with Gasteiger partial charge in [0.15, 0.2) is 0 Å². The molecule has 3 rings (SSSR count). The molecule has 0 bridgehead atoms. The Hall–Kier alpha value is -4.27. The molecule has 0 saturated carbocycles. The van der Waals surface area contributed by atoms with E-state index in [9.17, 15) is 19.5 Å². The van der Waals surface area contributed by atoms with E-state index < -0.39 is 18.2 Å². The lowest BCUT2D eigenvalue weighted by Crippen LogP contribution is -2.60. The van der Waals surface area contributed by atoms with Crippen LogP contribution >= 0.6 is 0 Å². The van der Waals surface area contributed by atoms with Gasteiger partial charge in [0.25, 0.3) is 0 Å². The summed E-state index contributed by atoms with van der Waals surface area (Å²) < 4.78 is 5.39. The first-order valence-corrected chi connectivity index (χ1v) is 12.2. The van der Waals surface area contributed by atoms with Gasteiger partial charge in [0.2, 0.25) is 5.91 Å². The number of hydrogen-bond acceptors (Lipinski definition) is 5. The third-order valence-corrected chi connectivity index (χ3v) is 6.11. The van der Waals surface area contributed by atoms with E-state index in [1.54, 1.807) is 12.2 Å². The summed E-state index contributed by atoms with van der Waals surface area (Å²) in [6.45, 7) is 8.74. The average molecular weight is 507 g/mol. The van der Waals surface area contributed by atoms with E-state index in [2.05, 4.69) is 23.8 Å². The maximum absolute atomic E-state index is 13.0. The quantitative estimate of drug-likeness (QED) is 0.313. The van der Waals surface area contributed by atoms with E-state index in [0.29, 0.717) is 25.9 Å². The Morgan fingerprint density at radius 3 is 2.57 bits per heavy atom. The van der Waals surface area contributed by atoms with Gasteiger partial charge in [-0.15, -0.1) is 13.2 Å². The normalized spacial score (nSPS) is 15.8. The molecule has 9 nitrogen and oxygen atoms in total. The molecular formula is C28H34N4O5. The SMILES string of the molecule is C=CCCNC(=O)C1CN(C(=O)O)CCN1c1cccc([C@H](CC=C)NC(=O)OCc2ccccc2)c1. The second-order valence-electron chi connectivity index (χ2n) is 8.68. The summed E-state index contributed by atoms with van der Waals surface area (Å²) in [5.41, 5.74) is 2.47. The minimum absolute atomic E-state index is 0.0552. The van der Waals surface area contributed by atoms with Crippen molar-refractivity contribution in [2.45, 2.75) is 31.5 Å². The van der Waals surface area contributed by atoms with Crippen molar-refractivity contribution >= 4 is 23.8 Å². The second kappa shape index (κ2) is 13.7. The first-order valence-electron chi connectivity index (χ1n) is 12.2. The van der Waals surface area contributed by atoms with Gasteiger partial charge < -0.3 is 30.3 Å².